The second-order valence-electron chi connectivity index (χ2n) is 16.3. The number of aliphatic hydroxyl groups excluding tert-OH is 1. The van der Waals surface area contributed by atoms with E-state index in [9.17, 15) is 29.4 Å². The number of phenols is 1. The third kappa shape index (κ3) is 9.22. The molecule has 3 aromatic heterocycles. The van der Waals surface area contributed by atoms with E-state index in [1.165, 1.54) is 4.90 Å². The second kappa shape index (κ2) is 17.3. The molecule has 0 radical (unpaired) electrons. The molecular formula is C43H49N7O6S2. The van der Waals surface area contributed by atoms with E-state index in [4.69, 9.17) is 0 Å². The first-order chi connectivity index (χ1) is 27.7. The molecule has 2 aliphatic heterocycles. The summed E-state index contributed by atoms with van der Waals surface area (Å²) >= 11 is 3.14. The topological polar surface area (TPSA) is 178 Å². The Morgan fingerprint density at radius 1 is 0.966 bits per heavy atom. The molecule has 3 atom stereocenters. The lowest BCUT2D eigenvalue weighted by Gasteiger charge is -2.39. The van der Waals surface area contributed by atoms with Crippen LogP contribution in [0.25, 0.3) is 31.9 Å². The van der Waals surface area contributed by atoms with Gasteiger partial charge in [-0.3, -0.25) is 19.2 Å². The predicted molar refractivity (Wildman–Crippen MR) is 224 cm³/mol. The number of carbonyl (C=O) groups is 4. The highest BCUT2D eigenvalue weighted by Gasteiger charge is 2.44. The largest absolute Gasteiger partial charge is 0.507 e. The molecule has 13 nitrogen and oxygen atoms in total. The van der Waals surface area contributed by atoms with Crippen molar-refractivity contribution in [1.29, 1.82) is 0 Å². The monoisotopic (exact) mass is 823 g/mol. The molecule has 0 spiro atoms. The minimum atomic E-state index is -0.917. The Kier molecular flexibility index (Phi) is 12.2. The maximum Gasteiger partial charge on any atom is 0.246 e. The molecule has 0 saturated carbocycles. The van der Waals surface area contributed by atoms with Gasteiger partial charge in [0.05, 0.1) is 27.9 Å². The minimum Gasteiger partial charge on any atom is -0.507 e. The summed E-state index contributed by atoms with van der Waals surface area (Å²) in [7, 11) is 0. The number of thiazole rings is 1. The number of aromatic hydroxyl groups is 1. The summed E-state index contributed by atoms with van der Waals surface area (Å²) in [5.41, 5.74) is 5.29. The van der Waals surface area contributed by atoms with Crippen LogP contribution >= 0.6 is 22.7 Å². The van der Waals surface area contributed by atoms with Crippen LogP contribution in [0.3, 0.4) is 0 Å². The summed E-state index contributed by atoms with van der Waals surface area (Å²) in [6, 6.07) is 17.1. The first kappa shape index (κ1) is 40.9. The number of amides is 4. The number of aromatic nitrogens is 3. The van der Waals surface area contributed by atoms with Crippen molar-refractivity contribution in [2.75, 3.05) is 19.6 Å². The first-order valence-corrected chi connectivity index (χ1v) is 21.3. The fourth-order valence-electron chi connectivity index (χ4n) is 7.49. The molecule has 4 amide bonds. The first-order valence-electron chi connectivity index (χ1n) is 19.6. The smallest absolute Gasteiger partial charge is 0.246 e. The molecule has 304 valence electrons. The van der Waals surface area contributed by atoms with Crippen molar-refractivity contribution in [2.24, 2.45) is 5.41 Å². The van der Waals surface area contributed by atoms with Crippen molar-refractivity contribution in [1.82, 2.24) is 35.6 Å². The SMILES string of the molecule is Cc1ncsc1-c1ccc(CNC(=O)[C@@H]2C[C@@H](O)CN2C(=O)[C@@H](NC(=O)CCCCC(=O)N2CC(c3cc4cc(-c5ccccc5O)nnc4s3)C2)C(C)(C)C)cc1. The van der Waals surface area contributed by atoms with Crippen LogP contribution in [-0.2, 0) is 25.7 Å². The fraction of sp³-hybridized carbons (Fsp3) is 0.419. The third-order valence-electron chi connectivity index (χ3n) is 10.9. The number of aryl methyl sites for hydroxylation is 1. The van der Waals surface area contributed by atoms with E-state index in [0.717, 1.165) is 36.8 Å². The zero-order chi connectivity index (χ0) is 41.1. The predicted octanol–water partition coefficient (Wildman–Crippen LogP) is 5.79. The van der Waals surface area contributed by atoms with Gasteiger partial charge in [-0.1, -0.05) is 57.2 Å². The van der Waals surface area contributed by atoms with Gasteiger partial charge in [0.15, 0.2) is 0 Å². The van der Waals surface area contributed by atoms with E-state index in [1.807, 2.05) is 74.5 Å². The normalized spacial score (nSPS) is 17.6. The number of hydrogen-bond acceptors (Lipinski definition) is 11. The van der Waals surface area contributed by atoms with E-state index in [-0.39, 0.29) is 55.3 Å². The summed E-state index contributed by atoms with van der Waals surface area (Å²) < 4.78 is 0. The van der Waals surface area contributed by atoms with Gasteiger partial charge in [0.25, 0.3) is 0 Å². The molecule has 4 N–H and O–H groups in total. The highest BCUT2D eigenvalue weighted by atomic mass is 32.1. The lowest BCUT2D eigenvalue weighted by molar-refractivity contribution is -0.144. The molecule has 2 saturated heterocycles. The number of thiophene rings is 1. The van der Waals surface area contributed by atoms with Crippen molar-refractivity contribution in [2.45, 2.75) is 90.4 Å². The van der Waals surface area contributed by atoms with Crippen LogP contribution in [0.15, 0.2) is 66.2 Å². The number of benzene rings is 2. The Bertz CT molecular complexity index is 2300. The molecular weight excluding hydrogens is 775 g/mol. The van der Waals surface area contributed by atoms with Gasteiger partial charge in [-0.25, -0.2) is 4.98 Å². The van der Waals surface area contributed by atoms with Crippen molar-refractivity contribution >= 4 is 56.5 Å². The number of β-amino-alcohol motifs (C(OH)–C–C–N with tert-alkyl or cyclic N) is 1. The third-order valence-corrected chi connectivity index (χ3v) is 13.0. The lowest BCUT2D eigenvalue weighted by atomic mass is 9.85. The van der Waals surface area contributed by atoms with Crippen LogP contribution in [-0.4, -0.2) is 96.6 Å². The second-order valence-corrected chi connectivity index (χ2v) is 18.2. The number of para-hydroxylation sites is 1. The van der Waals surface area contributed by atoms with Gasteiger partial charge < -0.3 is 30.6 Å². The van der Waals surface area contributed by atoms with Gasteiger partial charge in [0.1, 0.15) is 22.7 Å². The van der Waals surface area contributed by atoms with Crippen LogP contribution in [0.1, 0.15) is 74.9 Å². The zero-order valence-electron chi connectivity index (χ0n) is 33.1. The Balaban J connectivity index is 0.858. The summed E-state index contributed by atoms with van der Waals surface area (Å²) in [6.45, 7) is 9.03. The zero-order valence-corrected chi connectivity index (χ0v) is 34.7. The number of aliphatic hydroxyl groups is 1. The number of unbranched alkanes of at least 4 members (excludes halogenated alkanes) is 1. The number of phenolic OH excluding ortho intramolecular Hbond substituents is 1. The number of nitrogens with one attached hydrogen (secondary N) is 2. The van der Waals surface area contributed by atoms with Crippen LogP contribution in [0.2, 0.25) is 0 Å². The van der Waals surface area contributed by atoms with Crippen LogP contribution in [0.5, 0.6) is 5.75 Å². The van der Waals surface area contributed by atoms with Crippen molar-refractivity contribution in [3.05, 3.63) is 82.3 Å². The van der Waals surface area contributed by atoms with E-state index >= 15 is 0 Å². The maximum absolute atomic E-state index is 14.0. The average molecular weight is 824 g/mol. The van der Waals surface area contributed by atoms with Gasteiger partial charge in [-0.15, -0.1) is 32.9 Å². The molecule has 2 aliphatic rings. The standard InChI is InChI=1S/C43H49N7O6S2/c1-25-38(57-24-45-25)27-15-13-26(14-16-27)20-44-40(55)33-19-30(51)23-50(33)42(56)39(43(2,3)4)46-36(53)11-7-8-12-37(54)49-21-29(22-49)35-18-28-17-32(47-48-41(28)58-35)31-9-5-6-10-34(31)52/h5-6,9-10,13-18,24,29-30,33,39,51-52H,7-8,11-12,19-23H2,1-4H3,(H,44,55)(H,46,53)/t30-,33+,39-/m1/s1. The quantitative estimate of drug-likeness (QED) is 0.107. The maximum atomic E-state index is 14.0. The van der Waals surface area contributed by atoms with Gasteiger partial charge in [0, 0.05) is 67.2 Å². The van der Waals surface area contributed by atoms with Crippen LogP contribution in [0, 0.1) is 12.3 Å². The summed E-state index contributed by atoms with van der Waals surface area (Å²) in [5.74, 6) is -0.665. The average Bonchev–Trinajstić information content (AvgIpc) is 3.91. The Morgan fingerprint density at radius 3 is 2.41 bits per heavy atom. The van der Waals surface area contributed by atoms with Crippen molar-refractivity contribution < 1.29 is 29.4 Å². The Labute approximate surface area is 345 Å². The van der Waals surface area contributed by atoms with E-state index in [0.29, 0.717) is 43.6 Å². The highest BCUT2D eigenvalue weighted by Crippen LogP contribution is 2.37. The molecule has 0 bridgehead atoms. The molecule has 0 aliphatic carbocycles. The number of likely N-dealkylation sites (tertiary alicyclic amines) is 2. The van der Waals surface area contributed by atoms with Crippen LogP contribution in [0.4, 0.5) is 0 Å². The summed E-state index contributed by atoms with van der Waals surface area (Å²) in [5, 5.41) is 36.3. The molecule has 7 rings (SSSR count). The summed E-state index contributed by atoms with van der Waals surface area (Å²) in [6.07, 6.45) is 0.728. The van der Waals surface area contributed by atoms with Crippen LogP contribution < -0.4 is 10.6 Å². The van der Waals surface area contributed by atoms with E-state index < -0.39 is 29.5 Å². The van der Waals surface area contributed by atoms with Gasteiger partial charge in [-0.05, 0) is 60.6 Å². The van der Waals surface area contributed by atoms with E-state index in [2.05, 4.69) is 31.9 Å². The number of fused-ring (bicyclic) bond motifs is 1. The number of rotatable bonds is 13. The number of nitrogens with zero attached hydrogens (tertiary/aromatic N) is 5. The molecule has 5 heterocycles. The van der Waals surface area contributed by atoms with Gasteiger partial charge >= 0.3 is 0 Å². The minimum absolute atomic E-state index is 0.000676. The molecule has 15 heteroatoms. The molecule has 2 aromatic carbocycles. The van der Waals surface area contributed by atoms with Gasteiger partial charge in [-0.2, -0.15) is 0 Å². The summed E-state index contributed by atoms with van der Waals surface area (Å²) in [4.78, 5) is 64.2. The van der Waals surface area contributed by atoms with Gasteiger partial charge in [0.2, 0.25) is 23.6 Å². The molecule has 5 aromatic rings. The lowest BCUT2D eigenvalue weighted by Crippen LogP contribution is -2.57. The number of hydrogen-bond donors (Lipinski definition) is 4. The Hall–Kier alpha value is -5.25. The fourth-order valence-corrected chi connectivity index (χ4v) is 9.34. The molecule has 2 fully saturated rings. The molecule has 0 unspecified atom stereocenters. The van der Waals surface area contributed by atoms with E-state index in [1.54, 1.807) is 40.9 Å². The highest BCUT2D eigenvalue weighted by molar-refractivity contribution is 7.18. The van der Waals surface area contributed by atoms with Crippen molar-refractivity contribution in [3.8, 4) is 27.4 Å². The molecule has 58 heavy (non-hydrogen) atoms. The van der Waals surface area contributed by atoms with Crippen molar-refractivity contribution in [3.63, 3.8) is 0 Å². The number of carbonyl (C=O) groups excluding carboxylic acids is 4. The Morgan fingerprint density at radius 2 is 1.71 bits per heavy atom.